The summed E-state index contributed by atoms with van der Waals surface area (Å²) in [6.45, 7) is 11.0. The van der Waals surface area contributed by atoms with E-state index in [-0.39, 0.29) is 0 Å². The van der Waals surface area contributed by atoms with E-state index in [1.807, 2.05) is 0 Å². The van der Waals surface area contributed by atoms with Crippen molar-refractivity contribution < 1.29 is 0 Å². The number of likely N-dealkylation sites (tertiary alicyclic amines) is 1. The molecule has 1 aliphatic heterocycles. The van der Waals surface area contributed by atoms with Crippen LogP contribution in [-0.4, -0.2) is 36.6 Å². The highest BCUT2D eigenvalue weighted by atomic mass is 15.2. The van der Waals surface area contributed by atoms with Gasteiger partial charge in [0.1, 0.15) is 0 Å². The Hall–Kier alpha value is -0.0800. The second-order valence-corrected chi connectivity index (χ2v) is 7.08. The van der Waals surface area contributed by atoms with Gasteiger partial charge in [-0.25, -0.2) is 0 Å². The number of nitrogens with one attached hydrogen (secondary N) is 1. The van der Waals surface area contributed by atoms with E-state index in [1.54, 1.807) is 0 Å². The van der Waals surface area contributed by atoms with Crippen molar-refractivity contribution >= 4 is 0 Å². The highest BCUT2D eigenvalue weighted by Gasteiger charge is 2.40. The number of hydrogen-bond donors (Lipinski definition) is 1. The fraction of sp³-hybridized carbons (Fsp3) is 1.00. The van der Waals surface area contributed by atoms with Gasteiger partial charge in [-0.15, -0.1) is 0 Å². The van der Waals surface area contributed by atoms with Crippen LogP contribution in [0.25, 0.3) is 0 Å². The lowest BCUT2D eigenvalue weighted by molar-refractivity contribution is 0.0471. The summed E-state index contributed by atoms with van der Waals surface area (Å²) in [6.07, 6.45) is 5.53. The van der Waals surface area contributed by atoms with E-state index < -0.39 is 0 Å². The summed E-state index contributed by atoms with van der Waals surface area (Å²) in [6, 6.07) is 2.30. The summed E-state index contributed by atoms with van der Waals surface area (Å²) in [4.78, 5) is 2.80. The van der Waals surface area contributed by atoms with Crippen LogP contribution >= 0.6 is 0 Å². The molecule has 1 N–H and O–H groups in total. The highest BCUT2D eigenvalue weighted by molar-refractivity contribution is 4.95. The first-order chi connectivity index (χ1) is 7.94. The fourth-order valence-corrected chi connectivity index (χ4v) is 4.00. The molecule has 0 radical (unpaired) electrons. The van der Waals surface area contributed by atoms with Gasteiger partial charge in [0.15, 0.2) is 0 Å². The van der Waals surface area contributed by atoms with Crippen LogP contribution in [0.15, 0.2) is 0 Å². The molecule has 0 aromatic carbocycles. The van der Waals surface area contributed by atoms with Crippen molar-refractivity contribution in [3.8, 4) is 0 Å². The molecule has 0 aromatic heterocycles. The van der Waals surface area contributed by atoms with Crippen molar-refractivity contribution in [1.29, 1.82) is 0 Å². The Morgan fingerprint density at radius 1 is 1.18 bits per heavy atom. The fourth-order valence-electron chi connectivity index (χ4n) is 4.00. The van der Waals surface area contributed by atoms with Crippen molar-refractivity contribution in [3.05, 3.63) is 0 Å². The number of hydrogen-bond acceptors (Lipinski definition) is 2. The molecule has 1 saturated carbocycles. The van der Waals surface area contributed by atoms with Crippen LogP contribution in [0.5, 0.6) is 0 Å². The summed E-state index contributed by atoms with van der Waals surface area (Å²) in [5, 5.41) is 3.48. The molecule has 0 amide bonds. The smallest absolute Gasteiger partial charge is 0.0117 e. The molecule has 0 aromatic rings. The maximum absolute atomic E-state index is 3.48. The van der Waals surface area contributed by atoms with Crippen LogP contribution in [-0.2, 0) is 0 Å². The summed E-state index contributed by atoms with van der Waals surface area (Å²) in [5.74, 6) is 0.775. The van der Waals surface area contributed by atoms with Crippen molar-refractivity contribution in [2.24, 2.45) is 11.3 Å². The Morgan fingerprint density at radius 3 is 2.41 bits per heavy atom. The Bertz CT molecular complexity index is 262. The first-order valence-electron chi connectivity index (χ1n) is 7.37. The van der Waals surface area contributed by atoms with Gasteiger partial charge in [-0.05, 0) is 51.0 Å². The average Bonchev–Trinajstić information content (AvgIpc) is 2.63. The maximum atomic E-state index is 3.48. The van der Waals surface area contributed by atoms with Crippen molar-refractivity contribution in [3.63, 3.8) is 0 Å². The summed E-state index contributed by atoms with van der Waals surface area (Å²) < 4.78 is 0. The largest absolute Gasteiger partial charge is 0.317 e. The van der Waals surface area contributed by atoms with Crippen molar-refractivity contribution in [1.82, 2.24) is 10.2 Å². The first-order valence-corrected chi connectivity index (χ1v) is 7.37. The summed E-state index contributed by atoms with van der Waals surface area (Å²) in [5.41, 5.74) is 0.577. The molecule has 1 aliphatic carbocycles. The lowest BCUT2D eigenvalue weighted by Crippen LogP contribution is -2.55. The normalized spacial score (nSPS) is 42.9. The van der Waals surface area contributed by atoms with Gasteiger partial charge in [0.2, 0.25) is 0 Å². The highest BCUT2D eigenvalue weighted by Crippen LogP contribution is 2.41. The molecule has 2 heteroatoms. The van der Waals surface area contributed by atoms with E-state index in [2.05, 4.69) is 45.0 Å². The van der Waals surface area contributed by atoms with Gasteiger partial charge >= 0.3 is 0 Å². The van der Waals surface area contributed by atoms with E-state index in [0.29, 0.717) is 5.41 Å². The topological polar surface area (TPSA) is 15.3 Å². The molecule has 0 spiro atoms. The van der Waals surface area contributed by atoms with Gasteiger partial charge in [0, 0.05) is 24.7 Å². The van der Waals surface area contributed by atoms with Gasteiger partial charge < -0.3 is 5.32 Å². The third-order valence-corrected chi connectivity index (χ3v) is 5.40. The molecule has 4 unspecified atom stereocenters. The predicted octanol–water partition coefficient (Wildman–Crippen LogP) is 2.88. The van der Waals surface area contributed by atoms with Crippen LogP contribution in [0.1, 0.15) is 53.4 Å². The number of rotatable bonds is 2. The maximum Gasteiger partial charge on any atom is 0.0117 e. The van der Waals surface area contributed by atoms with Gasteiger partial charge in [-0.1, -0.05) is 20.8 Å². The van der Waals surface area contributed by atoms with Gasteiger partial charge in [-0.2, -0.15) is 0 Å². The molecule has 0 bridgehead atoms. The molecule has 100 valence electrons. The molecule has 2 aliphatic rings. The average molecular weight is 238 g/mol. The van der Waals surface area contributed by atoms with E-state index in [0.717, 1.165) is 24.0 Å². The van der Waals surface area contributed by atoms with Gasteiger partial charge in [0.25, 0.3) is 0 Å². The van der Waals surface area contributed by atoms with Gasteiger partial charge in [-0.3, -0.25) is 4.90 Å². The van der Waals surface area contributed by atoms with Crippen LogP contribution < -0.4 is 5.32 Å². The minimum absolute atomic E-state index is 0.577. The zero-order chi connectivity index (χ0) is 12.6. The number of nitrogens with zero attached hydrogens (tertiary/aromatic N) is 1. The monoisotopic (exact) mass is 238 g/mol. The second-order valence-electron chi connectivity index (χ2n) is 7.08. The van der Waals surface area contributed by atoms with E-state index in [1.165, 1.54) is 32.2 Å². The molecule has 4 atom stereocenters. The minimum atomic E-state index is 0.577. The molecule has 2 fully saturated rings. The molecule has 1 heterocycles. The quantitative estimate of drug-likeness (QED) is 0.796. The van der Waals surface area contributed by atoms with E-state index >= 15 is 0 Å². The van der Waals surface area contributed by atoms with Crippen LogP contribution in [0.3, 0.4) is 0 Å². The lowest BCUT2D eigenvalue weighted by Gasteiger charge is -2.46. The SMILES string of the molecule is CNC1CCN(C2CCC(C)(C)C2)C(C)C1C. The summed E-state index contributed by atoms with van der Waals surface area (Å²) >= 11 is 0. The number of piperidine rings is 1. The Labute approximate surface area is 107 Å². The third kappa shape index (κ3) is 2.68. The van der Waals surface area contributed by atoms with E-state index in [9.17, 15) is 0 Å². The first kappa shape index (κ1) is 13.4. The Morgan fingerprint density at radius 2 is 1.88 bits per heavy atom. The van der Waals surface area contributed by atoms with E-state index in [4.69, 9.17) is 0 Å². The Balaban J connectivity index is 1.99. The van der Waals surface area contributed by atoms with Gasteiger partial charge in [0.05, 0.1) is 0 Å². The van der Waals surface area contributed by atoms with Crippen LogP contribution in [0, 0.1) is 11.3 Å². The second kappa shape index (κ2) is 4.89. The molecule has 2 rings (SSSR count). The standard InChI is InChI=1S/C15H30N2/c1-11-12(2)17(9-7-14(11)16-5)13-6-8-15(3,4)10-13/h11-14,16H,6-10H2,1-5H3. The van der Waals surface area contributed by atoms with Crippen LogP contribution in [0.4, 0.5) is 0 Å². The van der Waals surface area contributed by atoms with Crippen molar-refractivity contribution in [2.75, 3.05) is 13.6 Å². The third-order valence-electron chi connectivity index (χ3n) is 5.40. The minimum Gasteiger partial charge on any atom is -0.317 e. The molecule has 2 nitrogen and oxygen atoms in total. The summed E-state index contributed by atoms with van der Waals surface area (Å²) in [7, 11) is 2.11. The zero-order valence-corrected chi connectivity index (χ0v) is 12.3. The van der Waals surface area contributed by atoms with Crippen LogP contribution in [0.2, 0.25) is 0 Å². The molecular weight excluding hydrogens is 208 g/mol. The van der Waals surface area contributed by atoms with Crippen molar-refractivity contribution in [2.45, 2.75) is 71.5 Å². The zero-order valence-electron chi connectivity index (χ0n) is 12.3. The molecule has 1 saturated heterocycles. The molecular formula is C15H30N2. The lowest BCUT2D eigenvalue weighted by atomic mass is 9.85. The Kier molecular flexibility index (Phi) is 3.84. The molecule has 17 heavy (non-hydrogen) atoms. The predicted molar refractivity (Wildman–Crippen MR) is 74.2 cm³/mol.